The van der Waals surface area contributed by atoms with Crippen LogP contribution in [0.1, 0.15) is 11.4 Å². The number of ether oxygens (including phenoxy) is 2. The van der Waals surface area contributed by atoms with Gasteiger partial charge in [0.15, 0.2) is 22.3 Å². The van der Waals surface area contributed by atoms with Crippen molar-refractivity contribution in [2.45, 2.75) is 24.4 Å². The minimum absolute atomic E-state index is 0.00405. The number of para-hydroxylation sites is 1. The van der Waals surface area contributed by atoms with Crippen molar-refractivity contribution in [1.29, 1.82) is 0 Å². The van der Waals surface area contributed by atoms with E-state index in [1.54, 1.807) is 16.6 Å². The van der Waals surface area contributed by atoms with Crippen LogP contribution in [0.4, 0.5) is 8.78 Å². The van der Waals surface area contributed by atoms with Crippen LogP contribution in [-0.2, 0) is 5.75 Å². The molecule has 4 aromatic rings. The molecule has 0 saturated heterocycles. The van der Waals surface area contributed by atoms with Crippen LogP contribution >= 0.6 is 11.8 Å². The second-order valence-electron chi connectivity index (χ2n) is 5.96. The monoisotopic (exact) mass is 402 g/mol. The Morgan fingerprint density at radius 2 is 1.93 bits per heavy atom. The van der Waals surface area contributed by atoms with E-state index in [1.165, 1.54) is 24.9 Å². The summed E-state index contributed by atoms with van der Waals surface area (Å²) in [5.41, 5.74) is 2.47. The van der Waals surface area contributed by atoms with E-state index in [1.807, 2.05) is 31.2 Å². The van der Waals surface area contributed by atoms with Gasteiger partial charge in [-0.05, 0) is 36.8 Å². The SMILES string of the molecule is COc1cc(CSc2nc3ccccc3c3nc(C)nn23)ccc1OC(F)F. The van der Waals surface area contributed by atoms with Crippen LogP contribution in [0.5, 0.6) is 11.5 Å². The molecule has 144 valence electrons. The average molecular weight is 402 g/mol. The number of alkyl halides is 2. The number of benzene rings is 2. The maximum absolute atomic E-state index is 12.5. The van der Waals surface area contributed by atoms with Crippen LogP contribution in [0, 0.1) is 6.92 Å². The van der Waals surface area contributed by atoms with Gasteiger partial charge >= 0.3 is 6.61 Å². The van der Waals surface area contributed by atoms with Gasteiger partial charge in [0, 0.05) is 11.1 Å². The van der Waals surface area contributed by atoms with Crippen LogP contribution in [-0.4, -0.2) is 33.3 Å². The summed E-state index contributed by atoms with van der Waals surface area (Å²) in [5, 5.41) is 6.08. The number of aromatic nitrogens is 4. The molecule has 0 saturated carbocycles. The van der Waals surface area contributed by atoms with Gasteiger partial charge in [0.05, 0.1) is 12.6 Å². The van der Waals surface area contributed by atoms with Gasteiger partial charge < -0.3 is 9.47 Å². The summed E-state index contributed by atoms with van der Waals surface area (Å²) in [7, 11) is 1.41. The van der Waals surface area contributed by atoms with Gasteiger partial charge in [0.1, 0.15) is 5.82 Å². The van der Waals surface area contributed by atoms with Gasteiger partial charge in [-0.3, -0.25) is 0 Å². The summed E-state index contributed by atoms with van der Waals surface area (Å²) in [4.78, 5) is 9.21. The van der Waals surface area contributed by atoms with Gasteiger partial charge in [-0.1, -0.05) is 30.0 Å². The van der Waals surface area contributed by atoms with Crippen molar-refractivity contribution in [3.8, 4) is 11.5 Å². The van der Waals surface area contributed by atoms with Crippen LogP contribution in [0.15, 0.2) is 47.6 Å². The molecule has 0 aliphatic rings. The van der Waals surface area contributed by atoms with E-state index in [4.69, 9.17) is 9.72 Å². The molecule has 2 aromatic heterocycles. The highest BCUT2D eigenvalue weighted by atomic mass is 32.2. The first kappa shape index (κ1) is 18.4. The number of nitrogens with zero attached hydrogens (tertiary/aromatic N) is 4. The molecule has 0 amide bonds. The lowest BCUT2D eigenvalue weighted by molar-refractivity contribution is -0.0512. The average Bonchev–Trinajstić information content (AvgIpc) is 3.08. The maximum Gasteiger partial charge on any atom is 0.387 e. The number of rotatable bonds is 6. The van der Waals surface area contributed by atoms with Crippen molar-refractivity contribution in [2.24, 2.45) is 0 Å². The van der Waals surface area contributed by atoms with Crippen LogP contribution in [0.25, 0.3) is 16.6 Å². The van der Waals surface area contributed by atoms with E-state index >= 15 is 0 Å². The molecule has 0 fully saturated rings. The zero-order valence-corrected chi connectivity index (χ0v) is 15.9. The van der Waals surface area contributed by atoms with E-state index in [2.05, 4.69) is 14.8 Å². The third kappa shape index (κ3) is 3.57. The molecule has 0 atom stereocenters. The Morgan fingerprint density at radius 1 is 1.11 bits per heavy atom. The van der Waals surface area contributed by atoms with E-state index in [9.17, 15) is 8.78 Å². The number of thioether (sulfide) groups is 1. The molecule has 6 nitrogen and oxygen atoms in total. The molecule has 0 aliphatic carbocycles. The summed E-state index contributed by atoms with van der Waals surface area (Å²) in [6.45, 7) is -1.07. The standard InChI is InChI=1S/C19H16F2N4O2S/c1-11-22-17-13-5-3-4-6-14(13)23-19(25(17)24-11)28-10-12-7-8-15(27-18(20)21)16(9-12)26-2/h3-9,18H,10H2,1-2H3. The van der Waals surface area contributed by atoms with Crippen molar-refractivity contribution in [1.82, 2.24) is 19.6 Å². The van der Waals surface area contributed by atoms with Crippen molar-refractivity contribution in [3.05, 3.63) is 53.9 Å². The molecule has 4 rings (SSSR count). The first-order valence-electron chi connectivity index (χ1n) is 8.42. The Labute approximate surface area is 163 Å². The number of fused-ring (bicyclic) bond motifs is 3. The summed E-state index contributed by atoms with van der Waals surface area (Å²) < 4.78 is 36.3. The van der Waals surface area contributed by atoms with Crippen molar-refractivity contribution >= 4 is 28.3 Å². The van der Waals surface area contributed by atoms with Crippen LogP contribution in [0.3, 0.4) is 0 Å². The molecule has 28 heavy (non-hydrogen) atoms. The molecule has 0 radical (unpaired) electrons. The molecule has 0 N–H and O–H groups in total. The Kier molecular flexibility index (Phi) is 4.99. The fourth-order valence-corrected chi connectivity index (χ4v) is 3.76. The minimum atomic E-state index is -2.90. The third-order valence-electron chi connectivity index (χ3n) is 4.07. The molecule has 0 aliphatic heterocycles. The van der Waals surface area contributed by atoms with E-state index in [0.29, 0.717) is 16.7 Å². The van der Waals surface area contributed by atoms with Gasteiger partial charge in [-0.2, -0.15) is 13.3 Å². The summed E-state index contributed by atoms with van der Waals surface area (Å²) >= 11 is 1.47. The fraction of sp³-hybridized carbons (Fsp3) is 0.211. The second kappa shape index (κ2) is 7.59. The molecular formula is C19H16F2N4O2S. The first-order chi connectivity index (χ1) is 13.5. The lowest BCUT2D eigenvalue weighted by atomic mass is 10.2. The number of hydrogen-bond donors (Lipinski definition) is 0. The Hall–Kier alpha value is -2.94. The van der Waals surface area contributed by atoms with Gasteiger partial charge in [0.25, 0.3) is 0 Å². The van der Waals surface area contributed by atoms with E-state index < -0.39 is 6.61 Å². The topological polar surface area (TPSA) is 61.5 Å². The van der Waals surface area contributed by atoms with E-state index in [-0.39, 0.29) is 11.5 Å². The summed E-state index contributed by atoms with van der Waals surface area (Å²) in [6.07, 6.45) is 0. The molecule has 0 bridgehead atoms. The number of aryl methyl sites for hydroxylation is 1. The highest BCUT2D eigenvalue weighted by molar-refractivity contribution is 7.98. The summed E-state index contributed by atoms with van der Waals surface area (Å²) in [5.74, 6) is 1.47. The Morgan fingerprint density at radius 3 is 2.71 bits per heavy atom. The van der Waals surface area contributed by atoms with Gasteiger partial charge in [0.2, 0.25) is 0 Å². The van der Waals surface area contributed by atoms with Crippen LogP contribution < -0.4 is 9.47 Å². The number of halogens is 2. The highest BCUT2D eigenvalue weighted by Gasteiger charge is 2.14. The highest BCUT2D eigenvalue weighted by Crippen LogP contribution is 2.32. The van der Waals surface area contributed by atoms with Crippen LogP contribution in [0.2, 0.25) is 0 Å². The van der Waals surface area contributed by atoms with Gasteiger partial charge in [-0.15, -0.1) is 5.10 Å². The Balaban J connectivity index is 1.65. The van der Waals surface area contributed by atoms with Gasteiger partial charge in [-0.25, -0.2) is 9.97 Å². The van der Waals surface area contributed by atoms with Crippen molar-refractivity contribution < 1.29 is 18.3 Å². The fourth-order valence-electron chi connectivity index (χ4n) is 2.87. The molecule has 0 spiro atoms. The predicted octanol–water partition coefficient (Wildman–Crippen LogP) is 4.49. The lowest BCUT2D eigenvalue weighted by Gasteiger charge is -2.11. The zero-order chi connectivity index (χ0) is 19.7. The third-order valence-corrected chi connectivity index (χ3v) is 5.07. The molecule has 2 heterocycles. The maximum atomic E-state index is 12.5. The summed E-state index contributed by atoms with van der Waals surface area (Å²) in [6, 6.07) is 12.6. The lowest BCUT2D eigenvalue weighted by Crippen LogP contribution is -2.03. The van der Waals surface area contributed by atoms with Crippen molar-refractivity contribution in [3.63, 3.8) is 0 Å². The predicted molar refractivity (Wildman–Crippen MR) is 102 cm³/mol. The Bertz CT molecular complexity index is 1150. The zero-order valence-electron chi connectivity index (χ0n) is 15.1. The van der Waals surface area contributed by atoms with Crippen molar-refractivity contribution in [2.75, 3.05) is 7.11 Å². The molecular weight excluding hydrogens is 386 g/mol. The molecule has 0 unspecified atom stereocenters. The quantitative estimate of drug-likeness (QED) is 0.350. The largest absolute Gasteiger partial charge is 0.493 e. The first-order valence-corrected chi connectivity index (χ1v) is 9.40. The van der Waals surface area contributed by atoms with E-state index in [0.717, 1.165) is 22.1 Å². The number of methoxy groups -OCH3 is 1. The second-order valence-corrected chi connectivity index (χ2v) is 6.90. The normalized spacial score (nSPS) is 11.5. The minimum Gasteiger partial charge on any atom is -0.493 e. The molecule has 2 aromatic carbocycles. The smallest absolute Gasteiger partial charge is 0.387 e. The molecule has 9 heteroatoms. The number of hydrogen-bond acceptors (Lipinski definition) is 6.